The Morgan fingerprint density at radius 3 is 2.39 bits per heavy atom. The number of nitrogen functional groups attached to an aromatic ring is 1. The molecule has 0 heterocycles. The third kappa shape index (κ3) is 2.51. The quantitative estimate of drug-likeness (QED) is 0.822. The minimum Gasteiger partial charge on any atom is -0.495 e. The molecule has 0 saturated carbocycles. The fourth-order valence-electron chi connectivity index (χ4n) is 1.53. The van der Waals surface area contributed by atoms with Crippen LogP contribution in [0.5, 0.6) is 5.75 Å². The lowest BCUT2D eigenvalue weighted by molar-refractivity contribution is 0.416. The van der Waals surface area contributed by atoms with Gasteiger partial charge in [0.25, 0.3) is 0 Å². The second-order valence-electron chi connectivity index (χ2n) is 3.71. The van der Waals surface area contributed by atoms with Gasteiger partial charge in [-0.2, -0.15) is 0 Å². The van der Waals surface area contributed by atoms with E-state index < -0.39 is 5.82 Å². The Hall–Kier alpha value is -2.30. The average molecular weight is 250 g/mol. The van der Waals surface area contributed by atoms with E-state index in [2.05, 4.69) is 5.32 Å². The van der Waals surface area contributed by atoms with Gasteiger partial charge in [-0.3, -0.25) is 0 Å². The third-order valence-corrected chi connectivity index (χ3v) is 2.44. The second kappa shape index (κ2) is 4.91. The molecular formula is C13H12F2N2O. The lowest BCUT2D eigenvalue weighted by Gasteiger charge is -2.11. The monoisotopic (exact) mass is 250 g/mol. The number of halogens is 2. The molecule has 0 fully saturated rings. The van der Waals surface area contributed by atoms with Crippen LogP contribution in [0.3, 0.4) is 0 Å². The average Bonchev–Trinajstić information content (AvgIpc) is 2.35. The van der Waals surface area contributed by atoms with E-state index in [0.717, 1.165) is 0 Å². The predicted octanol–water partition coefficient (Wildman–Crippen LogP) is 3.30. The van der Waals surface area contributed by atoms with Crippen molar-refractivity contribution in [1.29, 1.82) is 0 Å². The minimum atomic E-state index is -0.502. The molecule has 0 aliphatic carbocycles. The van der Waals surface area contributed by atoms with Crippen molar-refractivity contribution in [3.8, 4) is 5.75 Å². The number of hydrogen-bond acceptors (Lipinski definition) is 3. The third-order valence-electron chi connectivity index (χ3n) is 2.44. The van der Waals surface area contributed by atoms with Gasteiger partial charge in [-0.05, 0) is 24.3 Å². The molecule has 2 aromatic carbocycles. The Bertz CT molecular complexity index is 556. The van der Waals surface area contributed by atoms with Crippen molar-refractivity contribution in [3.63, 3.8) is 0 Å². The molecule has 0 aromatic heterocycles. The molecule has 18 heavy (non-hydrogen) atoms. The summed E-state index contributed by atoms with van der Waals surface area (Å²) in [5.74, 6) is -0.477. The van der Waals surface area contributed by atoms with Crippen LogP contribution in [-0.2, 0) is 0 Å². The van der Waals surface area contributed by atoms with Crippen molar-refractivity contribution in [1.82, 2.24) is 0 Å². The van der Waals surface area contributed by atoms with Crippen molar-refractivity contribution >= 4 is 17.1 Å². The van der Waals surface area contributed by atoms with E-state index in [9.17, 15) is 8.78 Å². The highest BCUT2D eigenvalue weighted by Crippen LogP contribution is 2.30. The van der Waals surface area contributed by atoms with Gasteiger partial charge in [0.2, 0.25) is 0 Å². The summed E-state index contributed by atoms with van der Waals surface area (Å²) in [5, 5.41) is 2.82. The number of methoxy groups -OCH3 is 1. The number of rotatable bonds is 3. The second-order valence-corrected chi connectivity index (χ2v) is 3.71. The maximum Gasteiger partial charge on any atom is 0.148 e. The van der Waals surface area contributed by atoms with Crippen molar-refractivity contribution in [2.45, 2.75) is 0 Å². The van der Waals surface area contributed by atoms with Gasteiger partial charge in [0.1, 0.15) is 17.4 Å². The molecule has 5 heteroatoms. The van der Waals surface area contributed by atoms with E-state index in [-0.39, 0.29) is 17.2 Å². The Balaban J connectivity index is 2.31. The lowest BCUT2D eigenvalue weighted by atomic mass is 10.2. The standard InChI is InChI=1S/C13H12F2N2O/c1-18-13-7-12(10(15)6-11(13)16)17-9-4-2-8(14)3-5-9/h2-7,17H,16H2,1H3. The van der Waals surface area contributed by atoms with Crippen molar-refractivity contribution in [2.75, 3.05) is 18.2 Å². The van der Waals surface area contributed by atoms with Crippen molar-refractivity contribution in [2.24, 2.45) is 0 Å². The smallest absolute Gasteiger partial charge is 0.148 e. The van der Waals surface area contributed by atoms with Crippen LogP contribution in [0.4, 0.5) is 25.8 Å². The zero-order valence-electron chi connectivity index (χ0n) is 9.71. The summed E-state index contributed by atoms with van der Waals surface area (Å²) in [5.41, 5.74) is 6.58. The minimum absolute atomic E-state index is 0.215. The summed E-state index contributed by atoms with van der Waals surface area (Å²) in [7, 11) is 1.45. The van der Waals surface area contributed by atoms with Gasteiger partial charge in [-0.1, -0.05) is 0 Å². The maximum atomic E-state index is 13.7. The highest BCUT2D eigenvalue weighted by Gasteiger charge is 2.08. The van der Waals surface area contributed by atoms with Gasteiger partial charge in [0.05, 0.1) is 18.5 Å². The van der Waals surface area contributed by atoms with Gasteiger partial charge < -0.3 is 15.8 Å². The first-order valence-electron chi connectivity index (χ1n) is 5.26. The SMILES string of the molecule is COc1cc(Nc2ccc(F)cc2)c(F)cc1N. The summed E-state index contributed by atoms with van der Waals surface area (Å²) in [6, 6.07) is 8.22. The fraction of sp³-hybridized carbons (Fsp3) is 0.0769. The number of anilines is 3. The summed E-state index contributed by atoms with van der Waals surface area (Å²) < 4.78 is 31.4. The van der Waals surface area contributed by atoms with E-state index in [4.69, 9.17) is 10.5 Å². The summed E-state index contributed by atoms with van der Waals surface area (Å²) in [6.07, 6.45) is 0. The molecule has 2 aromatic rings. The number of benzene rings is 2. The molecule has 0 saturated heterocycles. The van der Waals surface area contributed by atoms with E-state index in [0.29, 0.717) is 11.4 Å². The molecule has 2 rings (SSSR count). The Labute approximate surface area is 103 Å². The maximum absolute atomic E-state index is 13.7. The predicted molar refractivity (Wildman–Crippen MR) is 67.0 cm³/mol. The normalized spacial score (nSPS) is 10.2. The van der Waals surface area contributed by atoms with Crippen LogP contribution in [0.1, 0.15) is 0 Å². The van der Waals surface area contributed by atoms with Crippen molar-refractivity contribution in [3.05, 3.63) is 48.0 Å². The zero-order chi connectivity index (χ0) is 13.1. The summed E-state index contributed by atoms with van der Waals surface area (Å²) in [4.78, 5) is 0. The molecule has 94 valence electrons. The molecule has 0 unspecified atom stereocenters. The van der Waals surface area contributed by atoms with E-state index in [1.54, 1.807) is 0 Å². The number of ether oxygens (including phenoxy) is 1. The van der Waals surface area contributed by atoms with Gasteiger partial charge in [0, 0.05) is 17.8 Å². The number of hydrogen-bond donors (Lipinski definition) is 2. The summed E-state index contributed by atoms with van der Waals surface area (Å²) >= 11 is 0. The lowest BCUT2D eigenvalue weighted by Crippen LogP contribution is -1.98. The molecule has 0 aliphatic heterocycles. The van der Waals surface area contributed by atoms with Crippen LogP contribution in [0.25, 0.3) is 0 Å². The van der Waals surface area contributed by atoms with Crippen LogP contribution in [0.2, 0.25) is 0 Å². The molecule has 3 nitrogen and oxygen atoms in total. The highest BCUT2D eigenvalue weighted by molar-refractivity contribution is 5.67. The van der Waals surface area contributed by atoms with E-state index in [1.807, 2.05) is 0 Å². The molecule has 0 atom stereocenters. The topological polar surface area (TPSA) is 47.3 Å². The number of nitrogens with two attached hydrogens (primary N) is 1. The van der Waals surface area contributed by atoms with E-state index >= 15 is 0 Å². The molecule has 3 N–H and O–H groups in total. The van der Waals surface area contributed by atoms with Crippen LogP contribution in [0, 0.1) is 11.6 Å². The van der Waals surface area contributed by atoms with E-state index in [1.165, 1.54) is 43.5 Å². The first-order valence-corrected chi connectivity index (χ1v) is 5.26. The Morgan fingerprint density at radius 2 is 1.78 bits per heavy atom. The van der Waals surface area contributed by atoms with Gasteiger partial charge >= 0.3 is 0 Å². The largest absolute Gasteiger partial charge is 0.495 e. The molecule has 0 spiro atoms. The highest BCUT2D eigenvalue weighted by atomic mass is 19.1. The molecule has 0 aliphatic rings. The first kappa shape index (κ1) is 12.2. The van der Waals surface area contributed by atoms with Gasteiger partial charge in [-0.25, -0.2) is 8.78 Å². The summed E-state index contributed by atoms with van der Waals surface area (Å²) in [6.45, 7) is 0. The van der Waals surface area contributed by atoms with Crippen LogP contribution in [-0.4, -0.2) is 7.11 Å². The van der Waals surface area contributed by atoms with Crippen LogP contribution >= 0.6 is 0 Å². The van der Waals surface area contributed by atoms with Crippen molar-refractivity contribution < 1.29 is 13.5 Å². The van der Waals surface area contributed by atoms with Gasteiger partial charge in [-0.15, -0.1) is 0 Å². The molecular weight excluding hydrogens is 238 g/mol. The fourth-order valence-corrected chi connectivity index (χ4v) is 1.53. The molecule has 0 amide bonds. The molecule has 0 radical (unpaired) electrons. The van der Waals surface area contributed by atoms with Crippen LogP contribution < -0.4 is 15.8 Å². The zero-order valence-corrected chi connectivity index (χ0v) is 9.71. The van der Waals surface area contributed by atoms with Crippen LogP contribution in [0.15, 0.2) is 36.4 Å². The molecule has 0 bridgehead atoms. The van der Waals surface area contributed by atoms with Gasteiger partial charge in [0.15, 0.2) is 0 Å². The Kier molecular flexibility index (Phi) is 3.32. The number of nitrogens with one attached hydrogen (secondary N) is 1. The Morgan fingerprint density at radius 1 is 1.11 bits per heavy atom. The first-order chi connectivity index (χ1) is 8.60.